The van der Waals surface area contributed by atoms with E-state index >= 15 is 0 Å². The van der Waals surface area contributed by atoms with Crippen molar-refractivity contribution in [1.29, 1.82) is 0 Å². The van der Waals surface area contributed by atoms with Crippen LogP contribution in [0.1, 0.15) is 25.7 Å². The van der Waals surface area contributed by atoms with E-state index < -0.39 is 11.2 Å². The third kappa shape index (κ3) is 2.49. The summed E-state index contributed by atoms with van der Waals surface area (Å²) in [7, 11) is 0. The molecular formula is C13H16ClFN2O. The van der Waals surface area contributed by atoms with Gasteiger partial charge in [-0.05, 0) is 31.0 Å². The number of halogens is 2. The molecule has 1 aromatic rings. The maximum Gasteiger partial charge on any atom is 0.231 e. The zero-order valence-corrected chi connectivity index (χ0v) is 10.8. The molecule has 1 aliphatic rings. The lowest BCUT2D eigenvalue weighted by Crippen LogP contribution is -2.40. The number of hydrogen-bond donors (Lipinski definition) is 2. The van der Waals surface area contributed by atoms with Crippen molar-refractivity contribution in [1.82, 2.24) is 0 Å². The fraction of sp³-hybridized carbons (Fsp3) is 0.462. The Hall–Kier alpha value is -1.13. The number of benzene rings is 1. The Morgan fingerprint density at radius 1 is 1.44 bits per heavy atom. The minimum Gasteiger partial charge on any atom is -0.329 e. The first kappa shape index (κ1) is 13.3. The summed E-state index contributed by atoms with van der Waals surface area (Å²) in [6.45, 7) is 0.328. The Morgan fingerprint density at radius 2 is 2.11 bits per heavy atom. The summed E-state index contributed by atoms with van der Waals surface area (Å²) in [6, 6.07) is 4.23. The fourth-order valence-corrected chi connectivity index (χ4v) is 2.53. The second-order valence-corrected chi connectivity index (χ2v) is 5.18. The van der Waals surface area contributed by atoms with Gasteiger partial charge in [-0.15, -0.1) is 0 Å². The van der Waals surface area contributed by atoms with E-state index in [9.17, 15) is 9.18 Å². The van der Waals surface area contributed by atoms with Crippen LogP contribution in [0, 0.1) is 11.2 Å². The van der Waals surface area contributed by atoms with Crippen LogP contribution in [0.15, 0.2) is 18.2 Å². The summed E-state index contributed by atoms with van der Waals surface area (Å²) in [5.74, 6) is -0.660. The average molecular weight is 271 g/mol. The Kier molecular flexibility index (Phi) is 3.88. The van der Waals surface area contributed by atoms with Crippen molar-refractivity contribution in [2.75, 3.05) is 11.9 Å². The van der Waals surface area contributed by atoms with E-state index in [0.29, 0.717) is 12.2 Å². The Bertz CT molecular complexity index is 458. The zero-order valence-electron chi connectivity index (χ0n) is 10.0. The first-order chi connectivity index (χ1) is 8.57. The monoisotopic (exact) mass is 270 g/mol. The normalized spacial score (nSPS) is 17.7. The Balaban J connectivity index is 2.13. The second-order valence-electron chi connectivity index (χ2n) is 4.77. The molecule has 0 aromatic heterocycles. The van der Waals surface area contributed by atoms with E-state index in [-0.39, 0.29) is 10.9 Å². The third-order valence-corrected chi connectivity index (χ3v) is 3.92. The highest BCUT2D eigenvalue weighted by molar-refractivity contribution is 6.30. The smallest absolute Gasteiger partial charge is 0.231 e. The molecule has 0 spiro atoms. The van der Waals surface area contributed by atoms with Gasteiger partial charge in [-0.2, -0.15) is 0 Å². The van der Waals surface area contributed by atoms with Gasteiger partial charge in [0.2, 0.25) is 5.91 Å². The van der Waals surface area contributed by atoms with Crippen LogP contribution in [-0.4, -0.2) is 12.5 Å². The van der Waals surface area contributed by atoms with Gasteiger partial charge in [0.25, 0.3) is 0 Å². The van der Waals surface area contributed by atoms with Gasteiger partial charge in [-0.25, -0.2) is 4.39 Å². The number of hydrogen-bond acceptors (Lipinski definition) is 2. The number of nitrogens with one attached hydrogen (secondary N) is 1. The molecule has 1 amide bonds. The number of rotatable bonds is 3. The predicted octanol–water partition coefficient (Wildman–Crippen LogP) is 2.94. The van der Waals surface area contributed by atoms with Crippen molar-refractivity contribution >= 4 is 23.2 Å². The largest absolute Gasteiger partial charge is 0.329 e. The number of amides is 1. The maximum absolute atomic E-state index is 13.3. The van der Waals surface area contributed by atoms with Crippen molar-refractivity contribution in [2.45, 2.75) is 25.7 Å². The summed E-state index contributed by atoms with van der Waals surface area (Å²) in [4.78, 5) is 12.2. The quantitative estimate of drug-likeness (QED) is 0.887. The topological polar surface area (TPSA) is 55.1 Å². The van der Waals surface area contributed by atoms with Crippen molar-refractivity contribution in [2.24, 2.45) is 11.1 Å². The van der Waals surface area contributed by atoms with E-state index in [4.69, 9.17) is 17.3 Å². The number of carbonyl (C=O) groups is 1. The highest BCUT2D eigenvalue weighted by atomic mass is 35.5. The molecule has 3 N–H and O–H groups in total. The van der Waals surface area contributed by atoms with Gasteiger partial charge in [0, 0.05) is 12.2 Å². The molecule has 0 radical (unpaired) electrons. The molecule has 1 saturated carbocycles. The van der Waals surface area contributed by atoms with Crippen LogP contribution in [0.4, 0.5) is 10.1 Å². The van der Waals surface area contributed by atoms with Crippen molar-refractivity contribution in [3.8, 4) is 0 Å². The predicted molar refractivity (Wildman–Crippen MR) is 70.0 cm³/mol. The van der Waals surface area contributed by atoms with Crippen LogP contribution in [0.3, 0.4) is 0 Å². The molecule has 1 fully saturated rings. The molecule has 98 valence electrons. The number of carbonyl (C=O) groups excluding carboxylic acids is 1. The van der Waals surface area contributed by atoms with Crippen LogP contribution in [0.5, 0.6) is 0 Å². The van der Waals surface area contributed by atoms with E-state index in [0.717, 1.165) is 25.7 Å². The van der Waals surface area contributed by atoms with Crippen LogP contribution in [0.25, 0.3) is 0 Å². The molecule has 0 aliphatic heterocycles. The van der Waals surface area contributed by atoms with Crippen molar-refractivity contribution < 1.29 is 9.18 Å². The zero-order chi connectivity index (χ0) is 13.2. The SMILES string of the molecule is NCC1(C(=O)Nc2ccc(Cl)c(F)c2)CCCC1. The van der Waals surface area contributed by atoms with Gasteiger partial charge in [0.15, 0.2) is 0 Å². The lowest BCUT2D eigenvalue weighted by atomic mass is 9.85. The van der Waals surface area contributed by atoms with Crippen LogP contribution < -0.4 is 11.1 Å². The number of nitrogens with two attached hydrogens (primary N) is 1. The first-order valence-electron chi connectivity index (χ1n) is 6.04. The van der Waals surface area contributed by atoms with E-state index in [1.807, 2.05) is 0 Å². The molecule has 5 heteroatoms. The highest BCUT2D eigenvalue weighted by Crippen LogP contribution is 2.38. The standard InChI is InChI=1S/C13H16ClFN2O/c14-10-4-3-9(7-11(10)15)17-12(18)13(8-16)5-1-2-6-13/h3-4,7H,1-2,5-6,8,16H2,(H,17,18). The molecule has 1 aromatic carbocycles. The highest BCUT2D eigenvalue weighted by Gasteiger charge is 2.39. The molecule has 0 saturated heterocycles. The lowest BCUT2D eigenvalue weighted by molar-refractivity contribution is -0.124. The molecule has 0 bridgehead atoms. The van der Waals surface area contributed by atoms with Crippen molar-refractivity contribution in [3.63, 3.8) is 0 Å². The third-order valence-electron chi connectivity index (χ3n) is 3.61. The molecule has 1 aliphatic carbocycles. The summed E-state index contributed by atoms with van der Waals surface area (Å²) in [5.41, 5.74) is 5.65. The molecule has 2 rings (SSSR count). The van der Waals surface area contributed by atoms with Gasteiger partial charge < -0.3 is 11.1 Å². The van der Waals surface area contributed by atoms with Gasteiger partial charge in [0.1, 0.15) is 5.82 Å². The van der Waals surface area contributed by atoms with Gasteiger partial charge >= 0.3 is 0 Å². The van der Waals surface area contributed by atoms with Gasteiger partial charge in [0.05, 0.1) is 10.4 Å². The van der Waals surface area contributed by atoms with Crippen LogP contribution in [-0.2, 0) is 4.79 Å². The van der Waals surface area contributed by atoms with E-state index in [1.54, 1.807) is 6.07 Å². The summed E-state index contributed by atoms with van der Waals surface area (Å²) < 4.78 is 13.3. The second kappa shape index (κ2) is 5.24. The lowest BCUT2D eigenvalue weighted by Gasteiger charge is -2.25. The van der Waals surface area contributed by atoms with Gasteiger partial charge in [-0.3, -0.25) is 4.79 Å². The first-order valence-corrected chi connectivity index (χ1v) is 6.42. The number of anilines is 1. The molecule has 3 nitrogen and oxygen atoms in total. The summed E-state index contributed by atoms with van der Waals surface area (Å²) in [5, 5.41) is 2.77. The van der Waals surface area contributed by atoms with E-state index in [1.165, 1.54) is 12.1 Å². The van der Waals surface area contributed by atoms with Crippen molar-refractivity contribution in [3.05, 3.63) is 29.0 Å². The molecule has 0 atom stereocenters. The van der Waals surface area contributed by atoms with E-state index in [2.05, 4.69) is 5.32 Å². The minimum absolute atomic E-state index is 0.0439. The summed E-state index contributed by atoms with van der Waals surface area (Å²) >= 11 is 5.59. The summed E-state index contributed by atoms with van der Waals surface area (Å²) in [6.07, 6.45) is 3.62. The average Bonchev–Trinajstić information content (AvgIpc) is 2.84. The van der Waals surface area contributed by atoms with Crippen LogP contribution in [0.2, 0.25) is 5.02 Å². The molecule has 0 heterocycles. The fourth-order valence-electron chi connectivity index (χ4n) is 2.41. The Labute approximate surface area is 111 Å². The molecule has 18 heavy (non-hydrogen) atoms. The molecule has 0 unspecified atom stereocenters. The van der Waals surface area contributed by atoms with Crippen LogP contribution >= 0.6 is 11.6 Å². The van der Waals surface area contributed by atoms with Gasteiger partial charge in [-0.1, -0.05) is 24.4 Å². The molecular weight excluding hydrogens is 255 g/mol. The maximum atomic E-state index is 13.3. The Morgan fingerprint density at radius 3 is 2.67 bits per heavy atom. The minimum atomic E-state index is -0.539.